The van der Waals surface area contributed by atoms with Gasteiger partial charge in [0, 0.05) is 0 Å². The monoisotopic (exact) mass is 216 g/mol. The van der Waals surface area contributed by atoms with Gasteiger partial charge in [-0.15, -0.1) is 0 Å². The van der Waals surface area contributed by atoms with Gasteiger partial charge in [-0.3, -0.25) is 0 Å². The van der Waals surface area contributed by atoms with Gasteiger partial charge in [0.25, 0.3) is 0 Å². The van der Waals surface area contributed by atoms with E-state index in [1.54, 1.807) is 0 Å². The van der Waals surface area contributed by atoms with Crippen LogP contribution in [0.3, 0.4) is 0 Å². The van der Waals surface area contributed by atoms with E-state index >= 15 is 0 Å². The van der Waals surface area contributed by atoms with E-state index in [-0.39, 0.29) is 24.0 Å². The Morgan fingerprint density at radius 2 is 1.53 bits per heavy atom. The molecule has 0 bridgehead atoms. The maximum Gasteiger partial charge on any atom is 0.0569 e. The van der Waals surface area contributed by atoms with Crippen LogP contribution in [-0.2, 0) is 0 Å². The van der Waals surface area contributed by atoms with Crippen LogP contribution in [0.1, 0.15) is 53.9 Å². The van der Waals surface area contributed by atoms with Crippen molar-refractivity contribution in [2.75, 3.05) is 0 Å². The minimum absolute atomic E-state index is 0.187. The van der Waals surface area contributed by atoms with E-state index in [0.717, 1.165) is 19.3 Å². The van der Waals surface area contributed by atoms with Crippen molar-refractivity contribution in [2.24, 2.45) is 17.8 Å². The largest absolute Gasteiger partial charge is 0.393 e. The molecule has 0 rings (SSSR count). The lowest BCUT2D eigenvalue weighted by Gasteiger charge is -2.31. The number of rotatable bonds is 7. The predicted molar refractivity (Wildman–Crippen MR) is 64.7 cm³/mol. The van der Waals surface area contributed by atoms with Crippen molar-refractivity contribution in [1.29, 1.82) is 0 Å². The first-order chi connectivity index (χ1) is 6.90. The second-order valence-electron chi connectivity index (χ2n) is 5.25. The van der Waals surface area contributed by atoms with Crippen LogP contribution in [0.5, 0.6) is 0 Å². The summed E-state index contributed by atoms with van der Waals surface area (Å²) in [5.74, 6) is 0.972. The molecule has 0 aliphatic carbocycles. The smallest absolute Gasteiger partial charge is 0.0569 e. The van der Waals surface area contributed by atoms with Crippen molar-refractivity contribution in [3.8, 4) is 0 Å². The highest BCUT2D eigenvalue weighted by atomic mass is 16.3. The molecule has 2 unspecified atom stereocenters. The molecule has 0 saturated carbocycles. The fraction of sp³-hybridized carbons (Fsp3) is 1.00. The number of aliphatic hydroxyl groups is 2. The van der Waals surface area contributed by atoms with Crippen molar-refractivity contribution in [2.45, 2.75) is 66.1 Å². The normalized spacial score (nSPS) is 20.0. The van der Waals surface area contributed by atoms with E-state index in [1.807, 2.05) is 6.92 Å². The first-order valence-corrected chi connectivity index (χ1v) is 6.26. The summed E-state index contributed by atoms with van der Waals surface area (Å²) in [6, 6.07) is 0. The van der Waals surface area contributed by atoms with Crippen LogP contribution in [0.2, 0.25) is 0 Å². The molecule has 0 saturated heterocycles. The molecular weight excluding hydrogens is 188 g/mol. The standard InChI is InChI=1S/C13H28O2/c1-6-7-13(15)10(4)12(11(5)14)8-9(2)3/h9-15H,6-8H2,1-5H3/t10-,11?,12+,13?/m0/s1. The molecule has 0 aromatic heterocycles. The number of hydrogen-bond donors (Lipinski definition) is 2. The zero-order chi connectivity index (χ0) is 12.0. The Labute approximate surface area is 94.7 Å². The Morgan fingerprint density at radius 1 is 1.00 bits per heavy atom. The first-order valence-electron chi connectivity index (χ1n) is 6.26. The van der Waals surface area contributed by atoms with Crippen LogP contribution >= 0.6 is 0 Å². The number of aliphatic hydroxyl groups excluding tert-OH is 2. The summed E-state index contributed by atoms with van der Waals surface area (Å²) < 4.78 is 0. The summed E-state index contributed by atoms with van der Waals surface area (Å²) in [5.41, 5.74) is 0. The van der Waals surface area contributed by atoms with Crippen molar-refractivity contribution < 1.29 is 10.2 Å². The van der Waals surface area contributed by atoms with Crippen molar-refractivity contribution in [3.05, 3.63) is 0 Å². The second-order valence-corrected chi connectivity index (χ2v) is 5.25. The fourth-order valence-corrected chi connectivity index (χ4v) is 2.24. The Morgan fingerprint density at radius 3 is 1.87 bits per heavy atom. The SMILES string of the molecule is CCCC(O)[C@@H](C)[C@@H](CC(C)C)C(C)O. The van der Waals surface area contributed by atoms with Crippen LogP contribution in [0, 0.1) is 17.8 Å². The predicted octanol–water partition coefficient (Wildman–Crippen LogP) is 2.83. The summed E-state index contributed by atoms with van der Waals surface area (Å²) in [5, 5.41) is 19.7. The molecule has 0 spiro atoms. The summed E-state index contributed by atoms with van der Waals surface area (Å²) >= 11 is 0. The molecule has 0 aromatic rings. The average Bonchev–Trinajstić information content (AvgIpc) is 2.12. The van der Waals surface area contributed by atoms with Gasteiger partial charge in [0.2, 0.25) is 0 Å². The van der Waals surface area contributed by atoms with Gasteiger partial charge in [-0.2, -0.15) is 0 Å². The van der Waals surface area contributed by atoms with Crippen molar-refractivity contribution >= 4 is 0 Å². The minimum Gasteiger partial charge on any atom is -0.393 e. The van der Waals surface area contributed by atoms with E-state index in [1.165, 1.54) is 0 Å². The molecular formula is C13H28O2. The molecule has 2 heteroatoms. The molecule has 0 aliphatic rings. The fourth-order valence-electron chi connectivity index (χ4n) is 2.24. The van der Waals surface area contributed by atoms with E-state index in [4.69, 9.17) is 0 Å². The summed E-state index contributed by atoms with van der Waals surface area (Å²) in [4.78, 5) is 0. The summed E-state index contributed by atoms with van der Waals surface area (Å²) in [6.07, 6.45) is 2.23. The maximum absolute atomic E-state index is 9.94. The van der Waals surface area contributed by atoms with E-state index < -0.39 is 0 Å². The first kappa shape index (κ1) is 14.9. The maximum atomic E-state index is 9.94. The third-order valence-corrected chi connectivity index (χ3v) is 3.23. The zero-order valence-electron chi connectivity index (χ0n) is 10.9. The third-order valence-electron chi connectivity index (χ3n) is 3.23. The van der Waals surface area contributed by atoms with E-state index in [9.17, 15) is 10.2 Å². The van der Waals surface area contributed by atoms with Crippen molar-refractivity contribution in [1.82, 2.24) is 0 Å². The van der Waals surface area contributed by atoms with Crippen LogP contribution in [-0.4, -0.2) is 22.4 Å². The topological polar surface area (TPSA) is 40.5 Å². The Balaban J connectivity index is 4.33. The van der Waals surface area contributed by atoms with Crippen LogP contribution in [0.4, 0.5) is 0 Å². The molecule has 0 amide bonds. The summed E-state index contributed by atoms with van der Waals surface area (Å²) in [7, 11) is 0. The van der Waals surface area contributed by atoms with Gasteiger partial charge in [-0.25, -0.2) is 0 Å². The molecule has 0 aromatic carbocycles. The highest BCUT2D eigenvalue weighted by molar-refractivity contribution is 4.77. The van der Waals surface area contributed by atoms with E-state index in [2.05, 4.69) is 27.7 Å². The van der Waals surface area contributed by atoms with Gasteiger partial charge in [-0.05, 0) is 37.5 Å². The van der Waals surface area contributed by atoms with Gasteiger partial charge in [0.15, 0.2) is 0 Å². The molecule has 0 radical (unpaired) electrons. The lowest BCUT2D eigenvalue weighted by atomic mass is 9.79. The van der Waals surface area contributed by atoms with Gasteiger partial charge in [0.1, 0.15) is 0 Å². The Bertz CT molecular complexity index is 155. The second kappa shape index (κ2) is 7.24. The molecule has 2 nitrogen and oxygen atoms in total. The van der Waals surface area contributed by atoms with Gasteiger partial charge < -0.3 is 10.2 Å². The quantitative estimate of drug-likeness (QED) is 0.687. The number of hydrogen-bond acceptors (Lipinski definition) is 2. The van der Waals surface area contributed by atoms with Gasteiger partial charge in [0.05, 0.1) is 12.2 Å². The van der Waals surface area contributed by atoms with Crippen LogP contribution in [0.25, 0.3) is 0 Å². The average molecular weight is 216 g/mol. The zero-order valence-corrected chi connectivity index (χ0v) is 10.9. The third kappa shape index (κ3) is 5.53. The molecule has 15 heavy (non-hydrogen) atoms. The lowest BCUT2D eigenvalue weighted by molar-refractivity contribution is 0.00971. The van der Waals surface area contributed by atoms with Crippen molar-refractivity contribution in [3.63, 3.8) is 0 Å². The highest BCUT2D eigenvalue weighted by Gasteiger charge is 2.27. The molecule has 92 valence electrons. The van der Waals surface area contributed by atoms with Crippen LogP contribution in [0.15, 0.2) is 0 Å². The van der Waals surface area contributed by atoms with Gasteiger partial charge >= 0.3 is 0 Å². The Kier molecular flexibility index (Phi) is 7.20. The molecule has 0 fully saturated rings. The van der Waals surface area contributed by atoms with Crippen LogP contribution < -0.4 is 0 Å². The van der Waals surface area contributed by atoms with E-state index in [0.29, 0.717) is 5.92 Å². The van der Waals surface area contributed by atoms with Gasteiger partial charge in [-0.1, -0.05) is 34.1 Å². The highest BCUT2D eigenvalue weighted by Crippen LogP contribution is 2.28. The molecule has 0 aliphatic heterocycles. The summed E-state index contributed by atoms with van der Waals surface area (Å²) in [6.45, 7) is 10.3. The molecule has 0 heterocycles. The minimum atomic E-state index is -0.325. The Hall–Kier alpha value is -0.0800. The molecule has 2 N–H and O–H groups in total. The lowest BCUT2D eigenvalue weighted by Crippen LogP contribution is -2.33. The molecule has 4 atom stereocenters.